The fraction of sp³-hybridized carbons (Fsp3) is 1.00. The monoisotopic (exact) mass is 494 g/mol. The Hall–Kier alpha value is 1.03. The molecule has 0 saturated carbocycles. The highest BCUT2D eigenvalue weighted by Crippen LogP contribution is 2.33. The molecule has 24 heavy (non-hydrogen) atoms. The molecular formula is C16H33Br2O5P. The summed E-state index contributed by atoms with van der Waals surface area (Å²) in [6.45, 7) is 9.94. The molecule has 0 rings (SSSR count). The fourth-order valence-electron chi connectivity index (χ4n) is 2.33. The number of ether oxygens (including phenoxy) is 2. The first-order chi connectivity index (χ1) is 11.5. The lowest BCUT2D eigenvalue weighted by Gasteiger charge is -2.33. The van der Waals surface area contributed by atoms with Gasteiger partial charge in [-0.15, -0.1) is 0 Å². The van der Waals surface area contributed by atoms with E-state index in [1.165, 1.54) is 0 Å². The Bertz CT molecular complexity index is 306. The van der Waals surface area contributed by atoms with E-state index in [0.29, 0.717) is 13.2 Å². The predicted molar refractivity (Wildman–Crippen MR) is 107 cm³/mol. The number of hydrogen-bond acceptors (Lipinski definition) is 5. The molecular weight excluding hydrogens is 463 g/mol. The van der Waals surface area contributed by atoms with Crippen LogP contribution in [0.3, 0.4) is 0 Å². The van der Waals surface area contributed by atoms with Crippen LogP contribution >= 0.6 is 40.1 Å². The molecule has 0 saturated heterocycles. The van der Waals surface area contributed by atoms with Gasteiger partial charge in [0.25, 0.3) is 0 Å². The molecule has 0 aliphatic heterocycles. The van der Waals surface area contributed by atoms with E-state index >= 15 is 0 Å². The summed E-state index contributed by atoms with van der Waals surface area (Å²) >= 11 is 6.72. The Balaban J connectivity index is 4.49. The van der Waals surface area contributed by atoms with Crippen molar-refractivity contribution in [1.82, 2.24) is 0 Å². The summed E-state index contributed by atoms with van der Waals surface area (Å²) in [5.74, 6) is 0. The van der Waals surface area contributed by atoms with E-state index in [0.717, 1.165) is 36.3 Å². The van der Waals surface area contributed by atoms with Crippen molar-refractivity contribution in [2.75, 3.05) is 37.1 Å². The number of halogens is 2. The molecule has 0 N–H and O–H groups in total. The summed E-state index contributed by atoms with van der Waals surface area (Å²) in [5, 5.41) is 1.53. The third-order valence-electron chi connectivity index (χ3n) is 4.45. The zero-order valence-corrected chi connectivity index (χ0v) is 19.5. The van der Waals surface area contributed by atoms with Gasteiger partial charge >= 0.3 is 8.25 Å². The molecule has 0 atom stereocenters. The number of alkyl halides is 2. The zero-order valence-electron chi connectivity index (χ0n) is 15.4. The lowest BCUT2D eigenvalue weighted by Crippen LogP contribution is -2.37. The Kier molecular flexibility index (Phi) is 14.7. The highest BCUT2D eigenvalue weighted by molar-refractivity contribution is 9.09. The predicted octanol–water partition coefficient (Wildman–Crippen LogP) is 5.35. The molecule has 0 unspecified atom stereocenters. The van der Waals surface area contributed by atoms with E-state index in [2.05, 4.69) is 31.9 Å². The highest BCUT2D eigenvalue weighted by Gasteiger charge is 2.30. The molecule has 0 aromatic rings. The zero-order chi connectivity index (χ0) is 18.5. The smallest absolute Gasteiger partial charge is 0.319 e. The van der Waals surface area contributed by atoms with E-state index < -0.39 is 19.5 Å². The first-order valence-corrected chi connectivity index (χ1v) is 12.1. The molecule has 0 aromatic heterocycles. The maximum absolute atomic E-state index is 12.2. The van der Waals surface area contributed by atoms with E-state index in [1.807, 2.05) is 27.7 Å². The van der Waals surface area contributed by atoms with E-state index in [4.69, 9.17) is 18.5 Å². The van der Waals surface area contributed by atoms with Gasteiger partial charge in [0, 0.05) is 10.7 Å². The van der Waals surface area contributed by atoms with Crippen LogP contribution in [0.1, 0.15) is 53.4 Å². The summed E-state index contributed by atoms with van der Waals surface area (Å²) in [7, 11) is -2.58. The molecule has 0 radical (unpaired) electrons. The molecule has 0 amide bonds. The first-order valence-electron chi connectivity index (χ1n) is 8.66. The summed E-state index contributed by atoms with van der Waals surface area (Å²) in [6, 6.07) is 0. The summed E-state index contributed by atoms with van der Waals surface area (Å²) in [6.07, 6.45) is 3.20. The minimum Gasteiger partial charge on any atom is -0.372 e. The van der Waals surface area contributed by atoms with Crippen LogP contribution in [-0.2, 0) is 23.1 Å². The van der Waals surface area contributed by atoms with Crippen molar-refractivity contribution in [3.8, 4) is 0 Å². The van der Waals surface area contributed by atoms with Crippen LogP contribution in [0.15, 0.2) is 0 Å². The van der Waals surface area contributed by atoms with E-state index in [9.17, 15) is 4.57 Å². The van der Waals surface area contributed by atoms with Crippen LogP contribution in [-0.4, -0.2) is 48.3 Å². The maximum Gasteiger partial charge on any atom is 0.319 e. The normalized spacial score (nSPS) is 13.0. The molecule has 0 bridgehead atoms. The molecule has 5 nitrogen and oxygen atoms in total. The lowest BCUT2D eigenvalue weighted by molar-refractivity contribution is -0.0835. The van der Waals surface area contributed by atoms with Crippen molar-refractivity contribution in [3.05, 3.63) is 0 Å². The number of hydrogen-bond donors (Lipinski definition) is 0. The lowest BCUT2D eigenvalue weighted by atomic mass is 9.98. The van der Waals surface area contributed by atoms with Gasteiger partial charge in [-0.3, -0.25) is 4.57 Å². The second kappa shape index (κ2) is 14.1. The van der Waals surface area contributed by atoms with Crippen LogP contribution in [0.2, 0.25) is 0 Å². The van der Waals surface area contributed by atoms with Crippen molar-refractivity contribution in [2.24, 2.45) is 0 Å². The Morgan fingerprint density at radius 3 is 1.33 bits per heavy atom. The van der Waals surface area contributed by atoms with Crippen LogP contribution in [0.5, 0.6) is 0 Å². The first kappa shape index (κ1) is 25.0. The van der Waals surface area contributed by atoms with Gasteiger partial charge in [0.05, 0.1) is 37.6 Å². The van der Waals surface area contributed by atoms with Gasteiger partial charge in [0.15, 0.2) is 0 Å². The van der Waals surface area contributed by atoms with Gasteiger partial charge in [-0.25, -0.2) is 0 Å². The average Bonchev–Trinajstić information content (AvgIpc) is 2.63. The maximum atomic E-state index is 12.2. The highest BCUT2D eigenvalue weighted by atomic mass is 79.9. The topological polar surface area (TPSA) is 54.0 Å². The minimum atomic E-state index is -2.58. The fourth-order valence-corrected chi connectivity index (χ4v) is 3.50. The van der Waals surface area contributed by atoms with Gasteiger partial charge in [0.2, 0.25) is 0 Å². The van der Waals surface area contributed by atoms with Crippen molar-refractivity contribution < 1.29 is 23.1 Å². The quantitative estimate of drug-likeness (QED) is 0.213. The average molecular weight is 496 g/mol. The number of rotatable bonds is 16. The van der Waals surface area contributed by atoms with Gasteiger partial charge in [0.1, 0.15) is 0 Å². The van der Waals surface area contributed by atoms with Crippen molar-refractivity contribution in [3.63, 3.8) is 0 Å². The SMILES string of the molecule is CCC(CC)(CO[PH](=O)OCC(CC)(CC)OCCBr)OCCBr. The van der Waals surface area contributed by atoms with Crippen LogP contribution < -0.4 is 0 Å². The summed E-state index contributed by atoms with van der Waals surface area (Å²) in [4.78, 5) is 0. The van der Waals surface area contributed by atoms with E-state index in [1.54, 1.807) is 0 Å². The Morgan fingerprint density at radius 1 is 0.750 bits per heavy atom. The van der Waals surface area contributed by atoms with Gasteiger partial charge in [-0.1, -0.05) is 59.6 Å². The third-order valence-corrected chi connectivity index (χ3v) is 5.86. The second-order valence-electron chi connectivity index (χ2n) is 5.68. The summed E-state index contributed by atoms with van der Waals surface area (Å²) < 4.78 is 34.9. The molecule has 0 aliphatic carbocycles. The van der Waals surface area contributed by atoms with Gasteiger partial charge in [-0.05, 0) is 25.7 Å². The van der Waals surface area contributed by atoms with Crippen LogP contribution in [0, 0.1) is 0 Å². The van der Waals surface area contributed by atoms with Gasteiger partial charge in [-0.2, -0.15) is 0 Å². The minimum absolute atomic E-state index is 0.276. The molecule has 8 heteroatoms. The van der Waals surface area contributed by atoms with Gasteiger partial charge < -0.3 is 18.5 Å². The second-order valence-corrected chi connectivity index (χ2v) is 8.35. The molecule has 0 aliphatic rings. The largest absolute Gasteiger partial charge is 0.372 e. The van der Waals surface area contributed by atoms with Crippen molar-refractivity contribution in [1.29, 1.82) is 0 Å². The van der Waals surface area contributed by atoms with Crippen LogP contribution in [0.25, 0.3) is 0 Å². The van der Waals surface area contributed by atoms with E-state index in [-0.39, 0.29) is 13.2 Å². The van der Waals surface area contributed by atoms with Crippen LogP contribution in [0.4, 0.5) is 0 Å². The third kappa shape index (κ3) is 9.11. The van der Waals surface area contributed by atoms with Crippen molar-refractivity contribution in [2.45, 2.75) is 64.6 Å². The molecule has 0 spiro atoms. The Morgan fingerprint density at radius 2 is 1.08 bits per heavy atom. The standard InChI is InChI=1S/C16H33Br2O5P/c1-5-15(6-2,20-11-9-17)13-22-24(19)23-14-16(7-3,8-4)21-12-10-18/h24H,5-14H2,1-4H3. The molecule has 146 valence electrons. The molecule has 0 heterocycles. The Labute approximate surface area is 164 Å². The molecule has 0 aromatic carbocycles. The molecule has 0 fully saturated rings. The van der Waals surface area contributed by atoms with Crippen molar-refractivity contribution >= 4 is 40.1 Å². The summed E-state index contributed by atoms with van der Waals surface area (Å²) in [5.41, 5.74) is -0.812.